The highest BCUT2D eigenvalue weighted by Crippen LogP contribution is 2.40. The number of hydrogen-bond donors (Lipinski definition) is 1. The standard InChI is InChI=1S/C27H30N4O4/c1-29-15-20-16-30(27(29)33)17-23-25(20)21-6-2-3-7-22(21)31(23)14-18-9-11-19(12-10-18)26(32)28-35-24-8-4-5-13-34-24/h2-3,6-7,9-12,20,24H,4-5,8,13-17H2,1H3,(H,28,32). The molecule has 6 rings (SSSR count). The van der Waals surface area contributed by atoms with Gasteiger partial charge in [-0.15, -0.1) is 0 Å². The number of hydroxylamine groups is 1. The summed E-state index contributed by atoms with van der Waals surface area (Å²) in [6.07, 6.45) is 2.48. The monoisotopic (exact) mass is 474 g/mol. The van der Waals surface area contributed by atoms with E-state index >= 15 is 0 Å². The molecule has 2 aromatic carbocycles. The SMILES string of the molecule is CN1CC2CN(Cc3c2c2ccccc2n3Cc2ccc(C(=O)NOC3CCCCO3)cc2)C1=O. The third kappa shape index (κ3) is 4.06. The summed E-state index contributed by atoms with van der Waals surface area (Å²) < 4.78 is 7.83. The number of carbonyl (C=O) groups excluding carboxylic acids is 2. The number of urea groups is 1. The van der Waals surface area contributed by atoms with Gasteiger partial charge in [0.25, 0.3) is 5.91 Å². The third-order valence-corrected chi connectivity index (χ3v) is 7.38. The molecule has 2 atom stereocenters. The number of aromatic nitrogens is 1. The Morgan fingerprint density at radius 3 is 2.74 bits per heavy atom. The minimum absolute atomic E-state index is 0.0971. The smallest absolute Gasteiger partial charge is 0.320 e. The normalized spacial score (nSPS) is 21.8. The van der Waals surface area contributed by atoms with Crippen LogP contribution in [0, 0.1) is 0 Å². The van der Waals surface area contributed by atoms with Crippen molar-refractivity contribution in [1.82, 2.24) is 19.8 Å². The van der Waals surface area contributed by atoms with E-state index in [4.69, 9.17) is 9.57 Å². The Balaban J connectivity index is 1.23. The Morgan fingerprint density at radius 1 is 1.11 bits per heavy atom. The maximum atomic E-state index is 12.7. The number of carbonyl (C=O) groups is 2. The van der Waals surface area contributed by atoms with Gasteiger partial charge in [0.1, 0.15) is 0 Å². The lowest BCUT2D eigenvalue weighted by Gasteiger charge is -2.42. The fourth-order valence-electron chi connectivity index (χ4n) is 5.66. The molecule has 3 aromatic rings. The van der Waals surface area contributed by atoms with Crippen LogP contribution in [0.4, 0.5) is 4.79 Å². The number of fused-ring (bicyclic) bond motifs is 6. The first-order valence-electron chi connectivity index (χ1n) is 12.3. The van der Waals surface area contributed by atoms with E-state index in [1.807, 2.05) is 41.1 Å². The highest BCUT2D eigenvalue weighted by molar-refractivity contribution is 5.93. The summed E-state index contributed by atoms with van der Waals surface area (Å²) in [4.78, 5) is 34.4. The van der Waals surface area contributed by atoms with E-state index < -0.39 is 0 Å². The summed E-state index contributed by atoms with van der Waals surface area (Å²) in [5.41, 5.74) is 7.92. The third-order valence-electron chi connectivity index (χ3n) is 7.38. The number of nitrogens with zero attached hydrogens (tertiary/aromatic N) is 3. The van der Waals surface area contributed by atoms with Crippen LogP contribution in [0.1, 0.15) is 52.4 Å². The number of amides is 3. The van der Waals surface area contributed by atoms with Gasteiger partial charge in [0.05, 0.1) is 6.54 Å². The molecule has 0 aliphatic carbocycles. The number of nitrogens with one attached hydrogen (secondary N) is 1. The van der Waals surface area contributed by atoms with Crippen LogP contribution in [0.3, 0.4) is 0 Å². The lowest BCUT2D eigenvalue weighted by Crippen LogP contribution is -2.53. The minimum Gasteiger partial charge on any atom is -0.350 e. The van der Waals surface area contributed by atoms with Crippen molar-refractivity contribution in [2.45, 2.75) is 44.6 Å². The van der Waals surface area contributed by atoms with Crippen LogP contribution in [0.25, 0.3) is 10.9 Å². The lowest BCUT2D eigenvalue weighted by molar-refractivity contribution is -0.186. The van der Waals surface area contributed by atoms with E-state index in [0.29, 0.717) is 31.2 Å². The molecule has 3 aliphatic heterocycles. The first kappa shape index (κ1) is 22.1. The van der Waals surface area contributed by atoms with Crippen LogP contribution in [0.5, 0.6) is 0 Å². The number of rotatable bonds is 5. The number of ether oxygens (including phenoxy) is 1. The number of para-hydroxylation sites is 1. The zero-order valence-corrected chi connectivity index (χ0v) is 19.9. The molecule has 8 heteroatoms. The molecule has 182 valence electrons. The predicted molar refractivity (Wildman–Crippen MR) is 131 cm³/mol. The van der Waals surface area contributed by atoms with Gasteiger partial charge in [-0.3, -0.25) is 4.79 Å². The second-order valence-corrected chi connectivity index (χ2v) is 9.75. The maximum absolute atomic E-state index is 12.7. The average Bonchev–Trinajstić information content (AvgIpc) is 3.20. The molecule has 1 N–H and O–H groups in total. The van der Waals surface area contributed by atoms with E-state index in [-0.39, 0.29) is 18.2 Å². The molecule has 8 nitrogen and oxygen atoms in total. The summed E-state index contributed by atoms with van der Waals surface area (Å²) in [5.74, 6) is 0.0320. The molecule has 0 saturated carbocycles. The molecule has 3 aliphatic rings. The molecular weight excluding hydrogens is 444 g/mol. The van der Waals surface area contributed by atoms with Crippen molar-refractivity contribution < 1.29 is 19.2 Å². The molecule has 4 heterocycles. The van der Waals surface area contributed by atoms with Crippen molar-refractivity contribution in [3.63, 3.8) is 0 Å². The van der Waals surface area contributed by atoms with Crippen molar-refractivity contribution in [2.75, 3.05) is 26.7 Å². The van der Waals surface area contributed by atoms with Crippen LogP contribution in [0.2, 0.25) is 0 Å². The first-order chi connectivity index (χ1) is 17.1. The van der Waals surface area contributed by atoms with Crippen LogP contribution in [-0.2, 0) is 22.7 Å². The Hall–Kier alpha value is -3.36. The molecule has 1 aromatic heterocycles. The molecule has 2 unspecified atom stereocenters. The molecular formula is C27H30N4O4. The Morgan fingerprint density at radius 2 is 1.94 bits per heavy atom. The van der Waals surface area contributed by atoms with Crippen molar-refractivity contribution in [3.05, 3.63) is 70.9 Å². The molecule has 0 radical (unpaired) electrons. The van der Waals surface area contributed by atoms with Crippen LogP contribution in [-0.4, -0.2) is 59.3 Å². The van der Waals surface area contributed by atoms with Gasteiger partial charge in [-0.05, 0) is 42.2 Å². The second kappa shape index (κ2) is 9.02. The Labute approximate surface area is 204 Å². The van der Waals surface area contributed by atoms with E-state index in [2.05, 4.69) is 34.3 Å². The van der Waals surface area contributed by atoms with Crippen LogP contribution >= 0.6 is 0 Å². The average molecular weight is 475 g/mol. The summed E-state index contributed by atoms with van der Waals surface area (Å²) in [6, 6.07) is 16.2. The van der Waals surface area contributed by atoms with Crippen LogP contribution < -0.4 is 5.48 Å². The van der Waals surface area contributed by atoms with Gasteiger partial charge in [0, 0.05) is 67.8 Å². The van der Waals surface area contributed by atoms with E-state index in [0.717, 1.165) is 37.9 Å². The van der Waals surface area contributed by atoms with E-state index in [9.17, 15) is 9.59 Å². The van der Waals surface area contributed by atoms with Gasteiger partial charge in [-0.1, -0.05) is 30.3 Å². The van der Waals surface area contributed by atoms with Crippen molar-refractivity contribution in [2.24, 2.45) is 0 Å². The quantitative estimate of drug-likeness (QED) is 0.570. The molecule has 3 amide bonds. The maximum Gasteiger partial charge on any atom is 0.320 e. The number of hydrogen-bond acceptors (Lipinski definition) is 4. The fourth-order valence-corrected chi connectivity index (χ4v) is 5.66. The molecule has 35 heavy (non-hydrogen) atoms. The van der Waals surface area contributed by atoms with Crippen molar-refractivity contribution in [3.8, 4) is 0 Å². The Bertz CT molecular complexity index is 1260. The van der Waals surface area contributed by atoms with Gasteiger partial charge in [-0.2, -0.15) is 0 Å². The van der Waals surface area contributed by atoms with E-state index in [1.54, 1.807) is 0 Å². The summed E-state index contributed by atoms with van der Waals surface area (Å²) in [6.45, 7) is 3.48. The molecule has 0 spiro atoms. The van der Waals surface area contributed by atoms with Crippen molar-refractivity contribution in [1.29, 1.82) is 0 Å². The molecule has 2 saturated heterocycles. The van der Waals surface area contributed by atoms with Gasteiger partial charge in [-0.25, -0.2) is 15.1 Å². The minimum atomic E-state index is -0.373. The van der Waals surface area contributed by atoms with Crippen molar-refractivity contribution >= 4 is 22.8 Å². The fraction of sp³-hybridized carbons (Fsp3) is 0.407. The predicted octanol–water partition coefficient (Wildman–Crippen LogP) is 3.84. The van der Waals surface area contributed by atoms with E-state index in [1.165, 1.54) is 22.2 Å². The summed E-state index contributed by atoms with van der Waals surface area (Å²) in [5, 5.41) is 1.27. The largest absolute Gasteiger partial charge is 0.350 e. The number of likely N-dealkylation sites (N-methyl/N-ethyl adjacent to an activating group) is 1. The van der Waals surface area contributed by atoms with Crippen LogP contribution in [0.15, 0.2) is 48.5 Å². The second-order valence-electron chi connectivity index (χ2n) is 9.75. The first-order valence-corrected chi connectivity index (χ1v) is 12.3. The highest BCUT2D eigenvalue weighted by atomic mass is 16.8. The van der Waals surface area contributed by atoms with Gasteiger partial charge in [0.15, 0.2) is 6.29 Å². The topological polar surface area (TPSA) is 76.0 Å². The lowest BCUT2D eigenvalue weighted by atomic mass is 9.90. The van der Waals surface area contributed by atoms with Gasteiger partial charge < -0.3 is 19.1 Å². The molecule has 2 fully saturated rings. The number of benzene rings is 2. The van der Waals surface area contributed by atoms with Gasteiger partial charge >= 0.3 is 6.03 Å². The zero-order chi connectivity index (χ0) is 23.9. The molecule has 2 bridgehead atoms. The highest BCUT2D eigenvalue weighted by Gasteiger charge is 2.39. The summed E-state index contributed by atoms with van der Waals surface area (Å²) in [7, 11) is 1.89. The Kier molecular flexibility index (Phi) is 5.70. The zero-order valence-electron chi connectivity index (χ0n) is 19.9. The van der Waals surface area contributed by atoms with Gasteiger partial charge in [0.2, 0.25) is 0 Å². The summed E-state index contributed by atoms with van der Waals surface area (Å²) >= 11 is 0.